The number of Topliss-reactive ketones (excluding diaryl/α,β-unsaturated/α-hetero) is 1. The third-order valence-corrected chi connectivity index (χ3v) is 6.66. The summed E-state index contributed by atoms with van der Waals surface area (Å²) in [5.41, 5.74) is 1.43. The first-order valence-corrected chi connectivity index (χ1v) is 11.3. The Bertz CT molecular complexity index is 1020. The lowest BCUT2D eigenvalue weighted by atomic mass is 9.94. The van der Waals surface area contributed by atoms with Gasteiger partial charge in [-0.1, -0.05) is 12.1 Å². The minimum absolute atomic E-state index is 0.0962. The monoisotopic (exact) mass is 442 g/mol. The van der Waals surface area contributed by atoms with Gasteiger partial charge in [0.25, 0.3) is 5.91 Å². The lowest BCUT2D eigenvalue weighted by Gasteiger charge is -2.29. The number of ketones is 1. The zero-order valence-electron chi connectivity index (χ0n) is 17.9. The summed E-state index contributed by atoms with van der Waals surface area (Å²) in [5, 5.41) is 11.6. The smallest absolute Gasteiger partial charge is 0.290 e. The van der Waals surface area contributed by atoms with Gasteiger partial charge in [-0.3, -0.25) is 9.59 Å². The Hall–Kier alpha value is -2.71. The molecule has 164 valence electrons. The van der Waals surface area contributed by atoms with Gasteiger partial charge >= 0.3 is 0 Å². The molecule has 1 fully saturated rings. The summed E-state index contributed by atoms with van der Waals surface area (Å²) in [6.45, 7) is 7.02. The Morgan fingerprint density at radius 1 is 1.32 bits per heavy atom. The summed E-state index contributed by atoms with van der Waals surface area (Å²) in [6, 6.07) is 6.60. The van der Waals surface area contributed by atoms with E-state index >= 15 is 0 Å². The van der Waals surface area contributed by atoms with Crippen LogP contribution in [0.25, 0.3) is 0 Å². The van der Waals surface area contributed by atoms with Crippen LogP contribution in [-0.2, 0) is 9.53 Å². The van der Waals surface area contributed by atoms with Crippen LogP contribution >= 0.6 is 11.3 Å². The van der Waals surface area contributed by atoms with Gasteiger partial charge in [0.15, 0.2) is 5.76 Å². The highest BCUT2D eigenvalue weighted by Gasteiger charge is 2.45. The maximum absolute atomic E-state index is 13.5. The van der Waals surface area contributed by atoms with Gasteiger partial charge in [-0.05, 0) is 51.3 Å². The number of carbonyl (C=O) groups is 2. The molecule has 0 saturated carbocycles. The highest BCUT2D eigenvalue weighted by molar-refractivity contribution is 7.14. The summed E-state index contributed by atoms with van der Waals surface area (Å²) < 4.78 is 11.3. The minimum Gasteiger partial charge on any atom is -0.503 e. The van der Waals surface area contributed by atoms with Crippen molar-refractivity contribution in [3.8, 4) is 5.75 Å². The molecule has 0 spiro atoms. The van der Waals surface area contributed by atoms with Gasteiger partial charge in [0.1, 0.15) is 5.75 Å². The van der Waals surface area contributed by atoms with E-state index in [-0.39, 0.29) is 17.5 Å². The normalized spacial score (nSPS) is 21.3. The molecule has 1 saturated heterocycles. The zero-order valence-corrected chi connectivity index (χ0v) is 18.7. The number of aliphatic hydroxyl groups is 1. The maximum atomic E-state index is 13.5. The summed E-state index contributed by atoms with van der Waals surface area (Å²) in [7, 11) is 0. The fourth-order valence-electron chi connectivity index (χ4n) is 4.21. The third-order valence-electron chi connectivity index (χ3n) is 5.59. The number of aliphatic hydroxyl groups excluding tert-OH is 1. The van der Waals surface area contributed by atoms with Crippen molar-refractivity contribution in [2.45, 2.75) is 45.8 Å². The van der Waals surface area contributed by atoms with E-state index in [1.807, 2.05) is 38.1 Å². The molecule has 2 atom stereocenters. The molecular weight excluding hydrogens is 416 g/mol. The van der Waals surface area contributed by atoms with Crippen molar-refractivity contribution < 1.29 is 24.2 Å². The average Bonchev–Trinajstić information content (AvgIpc) is 3.44. The predicted octanol–water partition coefficient (Wildman–Crippen LogP) is 3.92. The number of thiazole rings is 1. The Morgan fingerprint density at radius 3 is 2.65 bits per heavy atom. The minimum atomic E-state index is -0.693. The van der Waals surface area contributed by atoms with Gasteiger partial charge in [-0.15, -0.1) is 11.3 Å². The molecule has 0 aliphatic carbocycles. The molecular formula is C23H26N2O5S. The molecule has 1 N–H and O–H groups in total. The van der Waals surface area contributed by atoms with Crippen LogP contribution in [0.3, 0.4) is 0 Å². The number of carbonyl (C=O) groups excluding carboxylic acids is 2. The first kappa shape index (κ1) is 21.5. The van der Waals surface area contributed by atoms with E-state index in [4.69, 9.17) is 9.47 Å². The second-order valence-corrected chi connectivity index (χ2v) is 8.94. The predicted molar refractivity (Wildman–Crippen MR) is 117 cm³/mol. The van der Waals surface area contributed by atoms with Crippen molar-refractivity contribution in [1.29, 1.82) is 0 Å². The molecule has 2 aromatic rings. The Balaban J connectivity index is 1.75. The van der Waals surface area contributed by atoms with Crippen LogP contribution < -0.4 is 4.74 Å². The van der Waals surface area contributed by atoms with Crippen molar-refractivity contribution in [3.05, 3.63) is 56.7 Å². The van der Waals surface area contributed by atoms with Gasteiger partial charge in [-0.2, -0.15) is 0 Å². The van der Waals surface area contributed by atoms with E-state index in [0.29, 0.717) is 36.1 Å². The SMILES string of the molecule is CCOc1ccc(C2C(C(=O)c3sc(C)nc3C)=C(O)C(=O)N2CC2CCCO2)cc1. The van der Waals surface area contributed by atoms with Crippen molar-refractivity contribution in [2.24, 2.45) is 0 Å². The number of hydrogen-bond acceptors (Lipinski definition) is 7. The standard InChI is InChI=1S/C23H26N2O5S/c1-4-29-16-9-7-15(8-10-16)19-18(20(26)22-13(2)24-14(3)31-22)21(27)23(28)25(19)12-17-6-5-11-30-17/h7-10,17,19,27H,4-6,11-12H2,1-3H3. The number of benzene rings is 1. The highest BCUT2D eigenvalue weighted by Crippen LogP contribution is 2.41. The Kier molecular flexibility index (Phi) is 6.11. The van der Waals surface area contributed by atoms with Crippen molar-refractivity contribution >= 4 is 23.0 Å². The second-order valence-electron chi connectivity index (χ2n) is 7.74. The quantitative estimate of drug-likeness (QED) is 0.654. The fraction of sp³-hybridized carbons (Fsp3) is 0.435. The van der Waals surface area contributed by atoms with Gasteiger partial charge in [0.2, 0.25) is 5.78 Å². The summed E-state index contributed by atoms with van der Waals surface area (Å²) >= 11 is 1.27. The van der Waals surface area contributed by atoms with E-state index < -0.39 is 17.7 Å². The molecule has 2 aliphatic heterocycles. The largest absolute Gasteiger partial charge is 0.503 e. The lowest BCUT2D eigenvalue weighted by molar-refractivity contribution is -0.131. The molecule has 1 amide bonds. The fourth-order valence-corrected chi connectivity index (χ4v) is 5.08. The Labute approximate surface area is 185 Å². The van der Waals surface area contributed by atoms with Crippen LogP contribution in [0.4, 0.5) is 0 Å². The second kappa shape index (κ2) is 8.80. The average molecular weight is 443 g/mol. The summed E-state index contributed by atoms with van der Waals surface area (Å²) in [4.78, 5) is 32.9. The Morgan fingerprint density at radius 2 is 2.06 bits per heavy atom. The highest BCUT2D eigenvalue weighted by atomic mass is 32.1. The first-order valence-electron chi connectivity index (χ1n) is 10.5. The molecule has 2 unspecified atom stereocenters. The summed E-state index contributed by atoms with van der Waals surface area (Å²) in [5.74, 6) is -0.692. The van der Waals surface area contributed by atoms with Crippen LogP contribution in [0.5, 0.6) is 5.75 Å². The lowest BCUT2D eigenvalue weighted by Crippen LogP contribution is -2.37. The van der Waals surface area contributed by atoms with E-state index in [1.54, 1.807) is 11.8 Å². The molecule has 2 aliphatic rings. The van der Waals surface area contributed by atoms with E-state index in [9.17, 15) is 14.7 Å². The number of aromatic nitrogens is 1. The number of nitrogens with zero attached hydrogens (tertiary/aromatic N) is 2. The van der Waals surface area contributed by atoms with E-state index in [1.165, 1.54) is 11.3 Å². The molecule has 1 aromatic carbocycles. The first-order chi connectivity index (χ1) is 14.9. The van der Waals surface area contributed by atoms with Crippen LogP contribution in [0, 0.1) is 13.8 Å². The topological polar surface area (TPSA) is 89.0 Å². The molecule has 3 heterocycles. The molecule has 0 radical (unpaired) electrons. The summed E-state index contributed by atoms with van der Waals surface area (Å²) in [6.07, 6.45) is 1.67. The van der Waals surface area contributed by atoms with Crippen molar-refractivity contribution in [3.63, 3.8) is 0 Å². The molecule has 0 bridgehead atoms. The van der Waals surface area contributed by atoms with Gasteiger partial charge in [0.05, 0.1) is 39.9 Å². The number of aryl methyl sites for hydroxylation is 2. The number of rotatable bonds is 7. The molecule has 4 rings (SSSR count). The number of ether oxygens (including phenoxy) is 2. The van der Waals surface area contributed by atoms with Crippen molar-refractivity contribution in [2.75, 3.05) is 19.8 Å². The van der Waals surface area contributed by atoms with Gasteiger partial charge < -0.3 is 19.5 Å². The third kappa shape index (κ3) is 4.09. The van der Waals surface area contributed by atoms with Crippen molar-refractivity contribution in [1.82, 2.24) is 9.88 Å². The van der Waals surface area contributed by atoms with Gasteiger partial charge in [-0.25, -0.2) is 4.98 Å². The van der Waals surface area contributed by atoms with Crippen LogP contribution in [0.15, 0.2) is 35.6 Å². The number of amides is 1. The van der Waals surface area contributed by atoms with Gasteiger partial charge in [0, 0.05) is 13.2 Å². The molecule has 8 heteroatoms. The van der Waals surface area contributed by atoms with E-state index in [2.05, 4.69) is 4.98 Å². The maximum Gasteiger partial charge on any atom is 0.290 e. The number of hydrogen-bond donors (Lipinski definition) is 1. The van der Waals surface area contributed by atoms with Crippen LogP contribution in [0.1, 0.15) is 51.7 Å². The van der Waals surface area contributed by atoms with E-state index in [0.717, 1.165) is 23.4 Å². The zero-order chi connectivity index (χ0) is 22.1. The van der Waals surface area contributed by atoms with Crippen LogP contribution in [0.2, 0.25) is 0 Å². The molecule has 7 nitrogen and oxygen atoms in total. The van der Waals surface area contributed by atoms with Crippen LogP contribution in [-0.4, -0.2) is 52.5 Å². The molecule has 1 aromatic heterocycles. The molecule has 31 heavy (non-hydrogen) atoms.